The SMILES string of the molecule is CC(=O)N[C@H]1[C@@H](O[C@H](C)[C@@H](NC(=O)OCC2c3ccccc3-c3ccccc32)C(=O)O)O[C@H](COC(C)=O)[C@H](OC(C)=O)[C@@H]1OC(C)=O. The molecule has 2 aromatic rings. The van der Waals surface area contributed by atoms with Gasteiger partial charge in [0, 0.05) is 33.6 Å². The predicted molar refractivity (Wildman–Crippen MR) is 164 cm³/mol. The van der Waals surface area contributed by atoms with Crippen molar-refractivity contribution < 1.29 is 62.3 Å². The first kappa shape index (κ1) is 35.8. The molecule has 48 heavy (non-hydrogen) atoms. The highest BCUT2D eigenvalue weighted by atomic mass is 16.7. The van der Waals surface area contributed by atoms with Gasteiger partial charge in [0.2, 0.25) is 5.91 Å². The molecule has 3 N–H and O–H groups in total. The number of aliphatic carboxylic acids is 1. The van der Waals surface area contributed by atoms with Crippen molar-refractivity contribution in [2.45, 2.75) is 83.3 Å². The molecule has 258 valence electrons. The van der Waals surface area contributed by atoms with Gasteiger partial charge in [0.15, 0.2) is 24.5 Å². The first-order valence-corrected chi connectivity index (χ1v) is 15.2. The Morgan fingerprint density at radius 1 is 0.792 bits per heavy atom. The summed E-state index contributed by atoms with van der Waals surface area (Å²) in [5.74, 6) is -4.67. The van der Waals surface area contributed by atoms with Crippen LogP contribution in [-0.2, 0) is 52.4 Å². The number of carboxylic acid groups (broad SMARTS) is 1. The third kappa shape index (κ3) is 8.66. The van der Waals surface area contributed by atoms with Gasteiger partial charge in [-0.05, 0) is 29.2 Å². The lowest BCUT2D eigenvalue weighted by molar-refractivity contribution is -0.287. The fourth-order valence-electron chi connectivity index (χ4n) is 5.84. The predicted octanol–water partition coefficient (Wildman–Crippen LogP) is 2.04. The molecule has 2 aliphatic rings. The Morgan fingerprint density at radius 2 is 1.35 bits per heavy atom. The summed E-state index contributed by atoms with van der Waals surface area (Å²) in [4.78, 5) is 73.2. The highest BCUT2D eigenvalue weighted by molar-refractivity contribution is 5.81. The molecule has 7 atom stereocenters. The minimum absolute atomic E-state index is 0.0722. The van der Waals surface area contributed by atoms with E-state index in [0.717, 1.165) is 49.9 Å². The summed E-state index contributed by atoms with van der Waals surface area (Å²) in [6.07, 6.45) is -7.98. The van der Waals surface area contributed by atoms with Crippen molar-refractivity contribution in [2.24, 2.45) is 0 Å². The smallest absolute Gasteiger partial charge is 0.407 e. The standard InChI is InChI=1S/C33H38N2O13/c1-16(27(31(40)41)35-33(42)44-14-25-23-12-8-6-10-21(23)22-11-7-9-13-24(22)25)45-32-28(34-17(2)36)30(47-20(5)39)29(46-19(4)38)26(48-32)15-43-18(3)37/h6-13,16,25-30,32H,14-15H2,1-5H3,(H,34,36)(H,35,42)(H,40,41)/t16-,26-,27-,28-,29+,30-,32+/m1/s1. The van der Waals surface area contributed by atoms with Crippen LogP contribution in [0, 0.1) is 0 Å². The van der Waals surface area contributed by atoms with Gasteiger partial charge in [0.1, 0.15) is 25.4 Å². The summed E-state index contributed by atoms with van der Waals surface area (Å²) in [6.45, 7) is 5.26. The van der Waals surface area contributed by atoms with Gasteiger partial charge in [-0.2, -0.15) is 0 Å². The molecular weight excluding hydrogens is 632 g/mol. The maximum Gasteiger partial charge on any atom is 0.407 e. The van der Waals surface area contributed by atoms with Gasteiger partial charge >= 0.3 is 30.0 Å². The summed E-state index contributed by atoms with van der Waals surface area (Å²) >= 11 is 0. The Kier molecular flexibility index (Phi) is 11.7. The zero-order valence-electron chi connectivity index (χ0n) is 27.0. The molecule has 0 radical (unpaired) electrons. The summed E-state index contributed by atoms with van der Waals surface area (Å²) in [6, 6.07) is 12.4. The lowest BCUT2D eigenvalue weighted by Gasteiger charge is -2.45. The number of rotatable bonds is 12. The number of ether oxygens (including phenoxy) is 6. The fraction of sp³-hybridized carbons (Fsp3) is 0.455. The molecule has 15 heteroatoms. The number of benzene rings is 2. The zero-order chi connectivity index (χ0) is 35.1. The summed E-state index contributed by atoms with van der Waals surface area (Å²) in [5, 5.41) is 14.9. The average molecular weight is 671 g/mol. The second kappa shape index (κ2) is 15.7. The van der Waals surface area contributed by atoms with Crippen molar-refractivity contribution in [1.29, 1.82) is 0 Å². The van der Waals surface area contributed by atoms with Crippen LogP contribution in [-0.4, -0.2) is 97.0 Å². The lowest BCUT2D eigenvalue weighted by atomic mass is 9.95. The number of esters is 3. The number of carbonyl (C=O) groups excluding carboxylic acids is 5. The third-order valence-corrected chi connectivity index (χ3v) is 7.77. The van der Waals surface area contributed by atoms with E-state index in [1.165, 1.54) is 6.92 Å². The minimum atomic E-state index is -1.69. The minimum Gasteiger partial charge on any atom is -0.480 e. The first-order valence-electron chi connectivity index (χ1n) is 15.2. The molecule has 1 heterocycles. The van der Waals surface area contributed by atoms with Gasteiger partial charge in [-0.3, -0.25) is 19.2 Å². The van der Waals surface area contributed by atoms with Crippen LogP contribution in [0.25, 0.3) is 11.1 Å². The second-order valence-corrected chi connectivity index (χ2v) is 11.3. The van der Waals surface area contributed by atoms with E-state index >= 15 is 0 Å². The highest BCUT2D eigenvalue weighted by Gasteiger charge is 2.52. The molecular formula is C33H38N2O13. The van der Waals surface area contributed by atoms with Gasteiger partial charge < -0.3 is 44.2 Å². The summed E-state index contributed by atoms with van der Waals surface area (Å²) in [5.41, 5.74) is 3.97. The van der Waals surface area contributed by atoms with E-state index in [-0.39, 0.29) is 12.5 Å². The van der Waals surface area contributed by atoms with Crippen molar-refractivity contribution in [2.75, 3.05) is 13.2 Å². The van der Waals surface area contributed by atoms with E-state index in [0.29, 0.717) is 0 Å². The number of amides is 2. The lowest BCUT2D eigenvalue weighted by Crippen LogP contribution is -2.67. The number of carboxylic acids is 1. The average Bonchev–Trinajstić information content (AvgIpc) is 3.33. The van der Waals surface area contributed by atoms with Crippen LogP contribution in [0.4, 0.5) is 4.79 Å². The van der Waals surface area contributed by atoms with Gasteiger partial charge in [-0.1, -0.05) is 48.5 Å². The van der Waals surface area contributed by atoms with Crippen molar-refractivity contribution in [1.82, 2.24) is 10.6 Å². The molecule has 0 saturated carbocycles. The summed E-state index contributed by atoms with van der Waals surface area (Å²) in [7, 11) is 0. The Hall–Kier alpha value is -5.02. The zero-order valence-corrected chi connectivity index (χ0v) is 27.0. The summed E-state index contributed by atoms with van der Waals surface area (Å²) < 4.78 is 33.2. The quantitative estimate of drug-likeness (QED) is 0.219. The van der Waals surface area contributed by atoms with Crippen LogP contribution in [0.3, 0.4) is 0 Å². The molecule has 0 unspecified atom stereocenters. The van der Waals surface area contributed by atoms with Crippen molar-refractivity contribution in [3.05, 3.63) is 59.7 Å². The Morgan fingerprint density at radius 3 is 1.88 bits per heavy atom. The molecule has 0 spiro atoms. The van der Waals surface area contributed by atoms with Crippen LogP contribution < -0.4 is 10.6 Å². The highest BCUT2D eigenvalue weighted by Crippen LogP contribution is 2.44. The first-order chi connectivity index (χ1) is 22.8. The van der Waals surface area contributed by atoms with E-state index in [1.54, 1.807) is 0 Å². The molecule has 2 aromatic carbocycles. The van der Waals surface area contributed by atoms with Crippen molar-refractivity contribution in [3.8, 4) is 11.1 Å². The number of fused-ring (bicyclic) bond motifs is 3. The van der Waals surface area contributed by atoms with E-state index in [2.05, 4.69) is 10.6 Å². The van der Waals surface area contributed by atoms with E-state index < -0.39 is 85.3 Å². The third-order valence-electron chi connectivity index (χ3n) is 7.77. The molecule has 1 aliphatic carbocycles. The van der Waals surface area contributed by atoms with Crippen LogP contribution >= 0.6 is 0 Å². The molecule has 1 aliphatic heterocycles. The topological polar surface area (TPSA) is 202 Å². The molecule has 0 bridgehead atoms. The van der Waals surface area contributed by atoms with Crippen LogP contribution in [0.2, 0.25) is 0 Å². The number of alkyl carbamates (subject to hydrolysis) is 1. The van der Waals surface area contributed by atoms with Crippen LogP contribution in [0.5, 0.6) is 0 Å². The van der Waals surface area contributed by atoms with Gasteiger partial charge in [-0.15, -0.1) is 0 Å². The van der Waals surface area contributed by atoms with Gasteiger partial charge in [0.05, 0.1) is 6.10 Å². The molecule has 1 fully saturated rings. The molecule has 2 amide bonds. The largest absolute Gasteiger partial charge is 0.480 e. The fourth-order valence-corrected chi connectivity index (χ4v) is 5.84. The molecule has 15 nitrogen and oxygen atoms in total. The van der Waals surface area contributed by atoms with E-state index in [9.17, 15) is 33.9 Å². The van der Waals surface area contributed by atoms with Crippen LogP contribution in [0.15, 0.2) is 48.5 Å². The Labute approximate surface area is 276 Å². The maximum absolute atomic E-state index is 13.0. The Bertz CT molecular complexity index is 1500. The monoisotopic (exact) mass is 670 g/mol. The second-order valence-electron chi connectivity index (χ2n) is 11.3. The normalized spacial score (nSPS) is 22.6. The van der Waals surface area contributed by atoms with Crippen LogP contribution in [0.1, 0.15) is 51.7 Å². The molecule has 0 aromatic heterocycles. The molecule has 1 saturated heterocycles. The maximum atomic E-state index is 13.0. The number of carbonyl (C=O) groups is 6. The number of hydrogen-bond acceptors (Lipinski definition) is 12. The molecule has 4 rings (SSSR count). The van der Waals surface area contributed by atoms with Crippen molar-refractivity contribution >= 4 is 35.9 Å². The van der Waals surface area contributed by atoms with Gasteiger partial charge in [0.25, 0.3) is 0 Å². The number of hydrogen-bond donors (Lipinski definition) is 3. The Balaban J connectivity index is 1.52. The van der Waals surface area contributed by atoms with E-state index in [4.69, 9.17) is 28.4 Å². The van der Waals surface area contributed by atoms with Crippen molar-refractivity contribution in [3.63, 3.8) is 0 Å². The van der Waals surface area contributed by atoms with Gasteiger partial charge in [-0.25, -0.2) is 9.59 Å². The van der Waals surface area contributed by atoms with E-state index in [1.807, 2.05) is 48.5 Å². The number of nitrogens with one attached hydrogen (secondary N) is 2.